The van der Waals surface area contributed by atoms with Crippen LogP contribution in [0.2, 0.25) is 0 Å². The lowest BCUT2D eigenvalue weighted by Crippen LogP contribution is -2.14. The van der Waals surface area contributed by atoms with Crippen LogP contribution in [0.15, 0.2) is 59.4 Å². The molecule has 27 heavy (non-hydrogen) atoms. The Morgan fingerprint density at radius 3 is 2.30 bits per heavy atom. The predicted molar refractivity (Wildman–Crippen MR) is 106 cm³/mol. The van der Waals surface area contributed by atoms with Crippen molar-refractivity contribution in [1.29, 1.82) is 0 Å². The number of ether oxygens (including phenoxy) is 1. The minimum atomic E-state index is -1.83. The molecule has 0 fully saturated rings. The second-order valence-electron chi connectivity index (χ2n) is 6.15. The summed E-state index contributed by atoms with van der Waals surface area (Å²) in [5.74, 6) is 2.91. The Morgan fingerprint density at radius 2 is 1.74 bits per heavy atom. The summed E-state index contributed by atoms with van der Waals surface area (Å²) in [6, 6.07) is 10.1. The van der Waals surface area contributed by atoms with Gasteiger partial charge in [-0.25, -0.2) is 9.59 Å². The average molecular weight is 372 g/mol. The zero-order valence-electron chi connectivity index (χ0n) is 16.0. The lowest BCUT2D eigenvalue weighted by molar-refractivity contribution is 0.137. The van der Waals surface area contributed by atoms with Gasteiger partial charge in [-0.1, -0.05) is 62.6 Å². The molecule has 1 aliphatic carbocycles. The summed E-state index contributed by atoms with van der Waals surface area (Å²) in [6.45, 7) is 4.82. The molecule has 2 N–H and O–H groups in total. The van der Waals surface area contributed by atoms with Gasteiger partial charge in [0, 0.05) is 0 Å². The number of rotatable bonds is 8. The van der Waals surface area contributed by atoms with Crippen LogP contribution in [0.3, 0.4) is 0 Å². The van der Waals surface area contributed by atoms with E-state index in [1.54, 1.807) is 0 Å². The first-order valence-corrected chi connectivity index (χ1v) is 9.30. The third-order valence-corrected chi connectivity index (χ3v) is 4.20. The van der Waals surface area contributed by atoms with Crippen molar-refractivity contribution in [3.63, 3.8) is 0 Å². The molecular formula is C22H28O5. The van der Waals surface area contributed by atoms with Crippen molar-refractivity contribution in [2.75, 3.05) is 6.61 Å². The van der Waals surface area contributed by atoms with E-state index in [4.69, 9.17) is 19.7 Å². The van der Waals surface area contributed by atoms with E-state index in [2.05, 4.69) is 25.0 Å². The monoisotopic (exact) mass is 372 g/mol. The van der Waals surface area contributed by atoms with Crippen molar-refractivity contribution < 1.29 is 24.5 Å². The van der Waals surface area contributed by atoms with Crippen LogP contribution in [0.4, 0.5) is 4.79 Å². The Kier molecular flexibility index (Phi) is 10.4. The van der Waals surface area contributed by atoms with Crippen LogP contribution in [0.1, 0.15) is 57.4 Å². The summed E-state index contributed by atoms with van der Waals surface area (Å²) in [5.41, 5.74) is 2.96. The summed E-state index contributed by atoms with van der Waals surface area (Å²) < 4.78 is 5.98. The lowest BCUT2D eigenvalue weighted by atomic mass is 9.83. The van der Waals surface area contributed by atoms with E-state index in [0.717, 1.165) is 24.2 Å². The fourth-order valence-electron chi connectivity index (χ4n) is 3.05. The molecule has 0 radical (unpaired) electrons. The summed E-state index contributed by atoms with van der Waals surface area (Å²) in [7, 11) is 0. The number of carboxylic acid groups (broad SMARTS) is 2. The van der Waals surface area contributed by atoms with E-state index >= 15 is 0 Å². The van der Waals surface area contributed by atoms with Crippen LogP contribution in [0.5, 0.6) is 0 Å². The summed E-state index contributed by atoms with van der Waals surface area (Å²) in [5, 5.41) is 13.9. The molecule has 146 valence electrons. The highest BCUT2D eigenvalue weighted by Crippen LogP contribution is 2.38. The highest BCUT2D eigenvalue weighted by Gasteiger charge is 2.27. The lowest BCUT2D eigenvalue weighted by Gasteiger charge is -2.26. The number of hydrogen-bond donors (Lipinski definition) is 2. The van der Waals surface area contributed by atoms with Gasteiger partial charge in [0.1, 0.15) is 11.7 Å². The van der Waals surface area contributed by atoms with Gasteiger partial charge in [-0.05, 0) is 37.0 Å². The maximum absolute atomic E-state index is 11.4. The molecule has 0 amide bonds. The Morgan fingerprint density at radius 1 is 1.07 bits per heavy atom. The molecule has 1 aromatic carbocycles. The first-order valence-electron chi connectivity index (χ1n) is 9.30. The van der Waals surface area contributed by atoms with Crippen molar-refractivity contribution in [3.05, 3.63) is 65.0 Å². The van der Waals surface area contributed by atoms with Crippen molar-refractivity contribution in [2.24, 2.45) is 0 Å². The number of hydrogen-bond acceptors (Lipinski definition) is 3. The second-order valence-corrected chi connectivity index (χ2v) is 6.15. The minimum absolute atomic E-state index is 0.125. The van der Waals surface area contributed by atoms with Crippen LogP contribution in [-0.4, -0.2) is 28.9 Å². The largest absolute Gasteiger partial charge is 0.503 e. The van der Waals surface area contributed by atoms with E-state index in [9.17, 15) is 4.79 Å². The molecule has 1 aliphatic rings. The van der Waals surface area contributed by atoms with Crippen molar-refractivity contribution in [1.82, 2.24) is 0 Å². The van der Waals surface area contributed by atoms with E-state index in [-0.39, 0.29) is 5.92 Å². The minimum Gasteiger partial charge on any atom is -0.497 e. The molecule has 0 bridgehead atoms. The van der Waals surface area contributed by atoms with Gasteiger partial charge in [0.05, 0.1) is 18.1 Å². The first-order chi connectivity index (χ1) is 13.0. The Balaban J connectivity index is 0.000000828. The zero-order valence-corrected chi connectivity index (χ0v) is 16.0. The van der Waals surface area contributed by atoms with Gasteiger partial charge in [0.2, 0.25) is 0 Å². The highest BCUT2D eigenvalue weighted by atomic mass is 16.6. The Labute approximate surface area is 160 Å². The zero-order chi connectivity index (χ0) is 20.1. The molecular weight excluding hydrogens is 344 g/mol. The predicted octanol–water partition coefficient (Wildman–Crippen LogP) is 5.58. The number of allylic oxidation sites excluding steroid dienone is 4. The molecule has 0 heterocycles. The number of benzene rings is 1. The van der Waals surface area contributed by atoms with E-state index < -0.39 is 6.16 Å². The third kappa shape index (κ3) is 7.55. The molecule has 5 nitrogen and oxygen atoms in total. The van der Waals surface area contributed by atoms with Crippen LogP contribution in [0.25, 0.3) is 0 Å². The summed E-state index contributed by atoms with van der Waals surface area (Å²) in [6.07, 6.45) is 8.01. The Hall–Kier alpha value is -2.78. The molecule has 5 heteroatoms. The van der Waals surface area contributed by atoms with Crippen molar-refractivity contribution in [3.8, 4) is 0 Å². The van der Waals surface area contributed by atoms with Gasteiger partial charge in [0.15, 0.2) is 0 Å². The normalized spacial score (nSPS) is 15.6. The van der Waals surface area contributed by atoms with E-state index in [1.807, 2.05) is 37.3 Å². The van der Waals surface area contributed by atoms with Gasteiger partial charge in [-0.3, -0.25) is 0 Å². The molecule has 0 saturated heterocycles. The fourth-order valence-corrected chi connectivity index (χ4v) is 3.05. The quantitative estimate of drug-likeness (QED) is 0.459. The topological polar surface area (TPSA) is 83.8 Å². The fraction of sp³-hybridized carbons (Fsp3) is 0.409. The molecule has 2 rings (SSSR count). The van der Waals surface area contributed by atoms with Crippen LogP contribution >= 0.6 is 0 Å². The smallest absolute Gasteiger partial charge is 0.497 e. The first kappa shape index (κ1) is 22.3. The SMILES string of the molecule is CCCCCCC1=C(OCC)C(c2ccccc2)C(=C=O)C=C1.O=C(O)O. The van der Waals surface area contributed by atoms with Gasteiger partial charge in [-0.15, -0.1) is 0 Å². The molecule has 0 saturated carbocycles. The Bertz CT molecular complexity index is 693. The second kappa shape index (κ2) is 12.6. The number of carbonyl (C=O) groups excluding carboxylic acids is 1. The van der Waals surface area contributed by atoms with Gasteiger partial charge >= 0.3 is 6.16 Å². The average Bonchev–Trinajstić information content (AvgIpc) is 2.66. The van der Waals surface area contributed by atoms with Crippen LogP contribution < -0.4 is 0 Å². The van der Waals surface area contributed by atoms with E-state index in [1.165, 1.54) is 24.8 Å². The summed E-state index contributed by atoms with van der Waals surface area (Å²) in [4.78, 5) is 20.0. The summed E-state index contributed by atoms with van der Waals surface area (Å²) >= 11 is 0. The van der Waals surface area contributed by atoms with Gasteiger partial charge in [0.25, 0.3) is 0 Å². The van der Waals surface area contributed by atoms with Crippen molar-refractivity contribution in [2.45, 2.75) is 51.9 Å². The molecule has 0 aliphatic heterocycles. The van der Waals surface area contributed by atoms with E-state index in [0.29, 0.717) is 12.2 Å². The maximum Gasteiger partial charge on any atom is 0.503 e. The highest BCUT2D eigenvalue weighted by molar-refractivity contribution is 5.66. The molecule has 1 atom stereocenters. The number of unbranched alkanes of at least 4 members (excludes halogenated alkanes) is 3. The van der Waals surface area contributed by atoms with Crippen molar-refractivity contribution >= 4 is 12.1 Å². The molecule has 0 aromatic heterocycles. The molecule has 0 spiro atoms. The molecule has 1 aromatic rings. The maximum atomic E-state index is 11.4. The molecule has 1 unspecified atom stereocenters. The third-order valence-electron chi connectivity index (χ3n) is 4.20. The van der Waals surface area contributed by atoms with Gasteiger partial charge in [-0.2, -0.15) is 0 Å². The number of carbonyl (C=O) groups is 1. The van der Waals surface area contributed by atoms with Crippen LogP contribution in [-0.2, 0) is 9.53 Å². The standard InChI is InChI=1S/C21H26O2.CH2O3/c1-3-5-6-8-13-18-14-15-19(16-22)20(21(18)23-4-2)17-11-9-7-10-12-17;2-1(3)4/h7,9-12,14-15,20H,3-6,8,13H2,1-2H3;(H2,2,3,4). The van der Waals surface area contributed by atoms with Crippen LogP contribution in [0, 0.1) is 0 Å². The van der Waals surface area contributed by atoms with Gasteiger partial charge < -0.3 is 14.9 Å².